The lowest BCUT2D eigenvalue weighted by Crippen LogP contribution is -2.61. The number of aliphatic hydroxyl groups is 4. The predicted molar refractivity (Wildman–Crippen MR) is 272 cm³/mol. The number of ether oxygens (including phenoxy) is 9. The van der Waals surface area contributed by atoms with E-state index < -0.39 is 133 Å². The minimum absolute atomic E-state index is 0.0185. The molecule has 0 aromatic carbocycles. The summed E-state index contributed by atoms with van der Waals surface area (Å²) in [5.74, 6) is -4.72. The number of aliphatic hydroxyl groups excluding tert-OH is 4. The zero-order chi connectivity index (χ0) is 58.9. The van der Waals surface area contributed by atoms with Crippen LogP contribution in [0.3, 0.4) is 0 Å². The van der Waals surface area contributed by atoms with Crippen LogP contribution in [0.1, 0.15) is 33.1 Å². The van der Waals surface area contributed by atoms with Gasteiger partial charge >= 0.3 is 24.1 Å². The van der Waals surface area contributed by atoms with Crippen molar-refractivity contribution >= 4 is 53.8 Å². The van der Waals surface area contributed by atoms with Crippen LogP contribution in [0.2, 0.25) is 0 Å². The van der Waals surface area contributed by atoms with Gasteiger partial charge in [-0.3, -0.25) is 14.4 Å². The van der Waals surface area contributed by atoms with Gasteiger partial charge in [-0.2, -0.15) is 0 Å². The predicted octanol–water partition coefficient (Wildman–Crippen LogP) is -6.37. The van der Waals surface area contributed by atoms with Crippen LogP contribution in [0.25, 0.3) is 0 Å². The standard InChI is InChI=1S/C46H75N11O22/c1-4-12-71-16-18-74-20-21-75-19-17-72-13-7-34(63)57(10-6-5-8-51-46(70)79-38(30(61)24-58)40-36(54-27(3)60)29(56-44(49)50)23-33(78-40)42(67)68)11-15-73-14-9-52-45(69)76-25-31(62)37(64)39-35(53-26(2)59)28(55-43(47)48)22-32(77-39)41(65)66/h1,22-23,28-31,35-40,58,61-62,64H,5-21,24-25H2,2-3H3,(H,51,70)(H,52,69)(H,53,59)(H,54,60)(H,65,66)(H,67,68)(H4,47,48,55)(H4,49,50,56)/t28-,29-,30+,31+,35+,36+,37+,38+,39+,40+/m0/s1. The third-order valence-corrected chi connectivity index (χ3v) is 10.9. The molecule has 79 heavy (non-hydrogen) atoms. The number of hydrogen-bond donors (Lipinski definition) is 14. The number of unbranched alkanes of at least 4 members (excludes halogenated alkanes) is 1. The van der Waals surface area contributed by atoms with E-state index in [4.69, 9.17) is 72.0 Å². The second-order valence-corrected chi connectivity index (χ2v) is 17.1. The van der Waals surface area contributed by atoms with Gasteiger partial charge in [0.05, 0.1) is 96.7 Å². The highest BCUT2D eigenvalue weighted by Crippen LogP contribution is 2.27. The van der Waals surface area contributed by atoms with E-state index in [1.54, 1.807) is 0 Å². The van der Waals surface area contributed by atoms with Gasteiger partial charge in [0.1, 0.15) is 37.6 Å². The summed E-state index contributed by atoms with van der Waals surface area (Å²) in [6.07, 6.45) is -5.19. The molecule has 0 saturated heterocycles. The summed E-state index contributed by atoms with van der Waals surface area (Å²) in [4.78, 5) is 96.0. The minimum Gasteiger partial charge on any atom is -0.478 e. The van der Waals surface area contributed by atoms with Crippen LogP contribution < -0.4 is 44.2 Å². The number of carbonyl (C=O) groups is 7. The molecule has 0 radical (unpaired) electrons. The lowest BCUT2D eigenvalue weighted by atomic mass is 9.92. The number of carboxylic acid groups (broad SMARTS) is 2. The maximum Gasteiger partial charge on any atom is 0.407 e. The Morgan fingerprint density at radius 2 is 1.19 bits per heavy atom. The number of amides is 5. The Hall–Kier alpha value is -7.29. The molecule has 33 heteroatoms. The van der Waals surface area contributed by atoms with E-state index in [1.807, 2.05) is 0 Å². The van der Waals surface area contributed by atoms with Crippen LogP contribution in [0, 0.1) is 12.3 Å². The van der Waals surface area contributed by atoms with Gasteiger partial charge in [0.2, 0.25) is 29.2 Å². The largest absolute Gasteiger partial charge is 0.478 e. The van der Waals surface area contributed by atoms with E-state index >= 15 is 0 Å². The minimum atomic E-state index is -1.94. The van der Waals surface area contributed by atoms with Gasteiger partial charge in [-0.15, -0.1) is 6.42 Å². The molecule has 2 aliphatic heterocycles. The Bertz CT molecular complexity index is 2120. The summed E-state index contributed by atoms with van der Waals surface area (Å²) in [7, 11) is 0. The first kappa shape index (κ1) is 67.8. The van der Waals surface area contributed by atoms with Gasteiger partial charge in [-0.25, -0.2) is 29.2 Å². The number of nitrogens with zero attached hydrogens (tertiary/aromatic N) is 3. The highest BCUT2D eigenvalue weighted by atomic mass is 16.6. The van der Waals surface area contributed by atoms with Crippen LogP contribution in [0.15, 0.2) is 33.7 Å². The number of nitrogens with two attached hydrogens (primary N) is 4. The molecule has 0 fully saturated rings. The number of alkyl carbamates (subject to hydrolysis) is 2. The van der Waals surface area contributed by atoms with Gasteiger partial charge < -0.3 is 122 Å². The first-order valence-corrected chi connectivity index (χ1v) is 24.6. The fraction of sp³-hybridized carbons (Fsp3) is 0.674. The Morgan fingerprint density at radius 1 is 0.684 bits per heavy atom. The zero-order valence-electron chi connectivity index (χ0n) is 43.8. The normalized spacial score (nSPS) is 20.0. The lowest BCUT2D eigenvalue weighted by molar-refractivity contribution is -0.147. The molecule has 0 aromatic heterocycles. The molecular weight excluding hydrogens is 1060 g/mol. The molecule has 10 atom stereocenters. The Kier molecular flexibility index (Phi) is 32.2. The topological polar surface area (TPSA) is 504 Å². The van der Waals surface area contributed by atoms with E-state index in [-0.39, 0.29) is 84.6 Å². The average Bonchev–Trinajstić information content (AvgIpc) is 3.40. The van der Waals surface area contributed by atoms with E-state index in [1.165, 1.54) is 4.90 Å². The molecule has 0 aromatic rings. The van der Waals surface area contributed by atoms with Crippen molar-refractivity contribution in [2.24, 2.45) is 32.9 Å². The van der Waals surface area contributed by atoms with Gasteiger partial charge in [0.25, 0.3) is 0 Å². The van der Waals surface area contributed by atoms with Gasteiger partial charge in [0, 0.05) is 40.0 Å². The maximum absolute atomic E-state index is 13.4. The summed E-state index contributed by atoms with van der Waals surface area (Å²) >= 11 is 0. The van der Waals surface area contributed by atoms with Crippen molar-refractivity contribution in [3.8, 4) is 12.3 Å². The number of nitrogens with one attached hydrogen (secondary N) is 4. The van der Waals surface area contributed by atoms with E-state index in [0.29, 0.717) is 32.8 Å². The van der Waals surface area contributed by atoms with Crippen LogP contribution in [-0.4, -0.2) is 256 Å². The number of guanidine groups is 2. The van der Waals surface area contributed by atoms with Crippen molar-refractivity contribution < 1.29 is 107 Å². The molecule has 0 spiro atoms. The number of hydrogen-bond acceptors (Lipinski definition) is 22. The van der Waals surface area contributed by atoms with Crippen LogP contribution in [0.4, 0.5) is 9.59 Å². The monoisotopic (exact) mass is 1130 g/mol. The number of carboxylic acids is 2. The third kappa shape index (κ3) is 26.8. The van der Waals surface area contributed by atoms with Crippen molar-refractivity contribution in [1.82, 2.24) is 26.2 Å². The molecule has 2 rings (SSSR count). The van der Waals surface area contributed by atoms with Crippen LogP contribution >= 0.6 is 0 Å². The summed E-state index contributed by atoms with van der Waals surface area (Å²) in [5, 5.41) is 71.2. The molecule has 0 bridgehead atoms. The number of rotatable bonds is 38. The molecule has 0 saturated carbocycles. The average molecular weight is 1130 g/mol. The second-order valence-electron chi connectivity index (χ2n) is 17.1. The molecule has 0 unspecified atom stereocenters. The Balaban J connectivity index is 1.98. The smallest absolute Gasteiger partial charge is 0.407 e. The molecular formula is C46H75N11O22. The summed E-state index contributed by atoms with van der Waals surface area (Å²) < 4.78 is 48.5. The van der Waals surface area contributed by atoms with Gasteiger partial charge in [-0.05, 0) is 25.0 Å². The van der Waals surface area contributed by atoms with Crippen molar-refractivity contribution in [3.05, 3.63) is 23.7 Å². The fourth-order valence-electron chi connectivity index (χ4n) is 7.36. The van der Waals surface area contributed by atoms with E-state index in [2.05, 4.69) is 37.2 Å². The highest BCUT2D eigenvalue weighted by molar-refractivity contribution is 5.86. The number of carbonyl (C=O) groups excluding carboxylic acids is 5. The van der Waals surface area contributed by atoms with E-state index in [9.17, 15) is 64.2 Å². The number of terminal acetylenes is 1. The molecule has 446 valence electrons. The van der Waals surface area contributed by atoms with Crippen molar-refractivity contribution in [2.75, 3.05) is 105 Å². The molecule has 2 heterocycles. The number of aliphatic carboxylic acids is 2. The molecule has 5 amide bonds. The first-order chi connectivity index (χ1) is 37.6. The fourth-order valence-corrected chi connectivity index (χ4v) is 7.36. The molecule has 18 N–H and O–H groups in total. The second kappa shape index (κ2) is 37.5. The van der Waals surface area contributed by atoms with Gasteiger partial charge in [-0.1, -0.05) is 5.92 Å². The lowest BCUT2D eigenvalue weighted by Gasteiger charge is -2.39. The van der Waals surface area contributed by atoms with Crippen molar-refractivity contribution in [3.63, 3.8) is 0 Å². The molecule has 2 aliphatic rings. The van der Waals surface area contributed by atoms with E-state index in [0.717, 1.165) is 26.0 Å². The maximum atomic E-state index is 13.4. The molecule has 0 aliphatic carbocycles. The Morgan fingerprint density at radius 3 is 1.71 bits per heavy atom. The third-order valence-electron chi connectivity index (χ3n) is 10.9. The van der Waals surface area contributed by atoms with Crippen molar-refractivity contribution in [1.29, 1.82) is 0 Å². The SMILES string of the molecule is C#CCOCCOCCOCCOCCC(=O)N(CCCCNC(=O)O[C@@H]([C@@H]1OC(C(=O)O)=C[C@H](N=C(N)N)[C@H]1NC(C)=O)[C@H](O)CO)CCOCCNC(=O)OC[C@@H](O)[C@@H](O)[C@@H]1OC(C(=O)O)=C[C@H](N=C(N)N)[C@H]1NC(C)=O. The first-order valence-electron chi connectivity index (χ1n) is 24.6. The Labute approximate surface area is 454 Å². The summed E-state index contributed by atoms with van der Waals surface area (Å²) in [6, 6.07) is -5.05. The highest BCUT2D eigenvalue weighted by Gasteiger charge is 2.47. The van der Waals surface area contributed by atoms with Crippen LogP contribution in [0.5, 0.6) is 0 Å². The molecule has 33 nitrogen and oxygen atoms in total. The zero-order valence-corrected chi connectivity index (χ0v) is 43.8. The van der Waals surface area contributed by atoms with Crippen molar-refractivity contribution in [2.45, 2.75) is 93.9 Å². The van der Waals surface area contributed by atoms with Gasteiger partial charge in [0.15, 0.2) is 24.1 Å². The quantitative estimate of drug-likeness (QED) is 0.0118. The number of aliphatic imine (C=N–C) groups is 2. The van der Waals surface area contributed by atoms with Crippen LogP contribution in [-0.2, 0) is 66.6 Å². The summed E-state index contributed by atoms with van der Waals surface area (Å²) in [5.41, 5.74) is 22.0. The summed E-state index contributed by atoms with van der Waals surface area (Å²) in [6.45, 7) is 2.38.